The number of carbonyl (C=O) groups is 4. The second-order valence-corrected chi connectivity index (χ2v) is 7.46. The van der Waals surface area contributed by atoms with E-state index in [4.69, 9.17) is 10.8 Å². The average molecular weight is 423 g/mol. The largest absolute Gasteiger partial charge is 0.480 e. The standard InChI is InChI=1S/C16H30N4O5S2/c1-4-9(2)13(17)15(23)20-11(8-26)14(22)18-7-12(21)19-10(16(24)25)5-6-27-3/h9-11,13,26H,4-8,17H2,1-3H3,(H,18,22)(H,19,21)(H,20,23)(H,24,25). The molecule has 0 aliphatic carbocycles. The van der Waals surface area contributed by atoms with Gasteiger partial charge in [0.05, 0.1) is 12.6 Å². The fraction of sp³-hybridized carbons (Fsp3) is 0.750. The molecule has 0 spiro atoms. The Morgan fingerprint density at radius 3 is 2.26 bits per heavy atom. The van der Waals surface area contributed by atoms with Crippen molar-refractivity contribution in [3.8, 4) is 0 Å². The van der Waals surface area contributed by atoms with Crippen molar-refractivity contribution in [3.05, 3.63) is 0 Å². The summed E-state index contributed by atoms with van der Waals surface area (Å²) in [5.41, 5.74) is 5.83. The van der Waals surface area contributed by atoms with Crippen molar-refractivity contribution in [2.45, 2.75) is 44.8 Å². The summed E-state index contributed by atoms with van der Waals surface area (Å²) in [5.74, 6) is -2.27. The van der Waals surface area contributed by atoms with E-state index in [-0.39, 0.29) is 18.1 Å². The fourth-order valence-electron chi connectivity index (χ4n) is 2.00. The van der Waals surface area contributed by atoms with Gasteiger partial charge in [0.2, 0.25) is 17.7 Å². The van der Waals surface area contributed by atoms with Gasteiger partial charge in [-0.3, -0.25) is 14.4 Å². The maximum Gasteiger partial charge on any atom is 0.326 e. The van der Waals surface area contributed by atoms with Crippen LogP contribution in [0.4, 0.5) is 0 Å². The topological polar surface area (TPSA) is 151 Å². The maximum atomic E-state index is 12.2. The van der Waals surface area contributed by atoms with Gasteiger partial charge in [-0.2, -0.15) is 24.4 Å². The van der Waals surface area contributed by atoms with Crippen LogP contribution in [0.15, 0.2) is 0 Å². The molecule has 0 rings (SSSR count). The van der Waals surface area contributed by atoms with E-state index in [2.05, 4.69) is 28.6 Å². The zero-order valence-electron chi connectivity index (χ0n) is 15.9. The number of carboxylic acids is 1. The molecule has 0 heterocycles. The number of hydrogen-bond acceptors (Lipinski definition) is 7. The van der Waals surface area contributed by atoms with E-state index in [9.17, 15) is 19.2 Å². The van der Waals surface area contributed by atoms with Crippen LogP contribution in [0.25, 0.3) is 0 Å². The summed E-state index contributed by atoms with van der Waals surface area (Å²) in [6.07, 6.45) is 2.83. The summed E-state index contributed by atoms with van der Waals surface area (Å²) < 4.78 is 0. The minimum atomic E-state index is -1.14. The molecule has 0 radical (unpaired) electrons. The molecule has 0 aromatic carbocycles. The zero-order chi connectivity index (χ0) is 21.0. The first-order valence-corrected chi connectivity index (χ1v) is 10.7. The summed E-state index contributed by atoms with van der Waals surface area (Å²) in [6, 6.07) is -2.72. The number of nitrogens with two attached hydrogens (primary N) is 1. The average Bonchev–Trinajstić information content (AvgIpc) is 2.65. The Hall–Kier alpha value is -1.46. The number of amides is 3. The molecule has 156 valence electrons. The van der Waals surface area contributed by atoms with Crippen LogP contribution in [0.5, 0.6) is 0 Å². The lowest BCUT2D eigenvalue weighted by Crippen LogP contribution is -2.55. The SMILES string of the molecule is CCC(C)C(N)C(=O)NC(CS)C(=O)NCC(=O)NC(CCSC)C(=O)O. The maximum absolute atomic E-state index is 12.2. The smallest absolute Gasteiger partial charge is 0.326 e. The van der Waals surface area contributed by atoms with Gasteiger partial charge in [0.1, 0.15) is 12.1 Å². The van der Waals surface area contributed by atoms with Gasteiger partial charge in [-0.05, 0) is 24.3 Å². The Morgan fingerprint density at radius 1 is 1.15 bits per heavy atom. The second-order valence-electron chi connectivity index (χ2n) is 6.11. The third-order valence-electron chi connectivity index (χ3n) is 4.04. The second kappa shape index (κ2) is 13.7. The van der Waals surface area contributed by atoms with Gasteiger partial charge >= 0.3 is 5.97 Å². The lowest BCUT2D eigenvalue weighted by molar-refractivity contribution is -0.141. The minimum absolute atomic E-state index is 0.0257. The summed E-state index contributed by atoms with van der Waals surface area (Å²) in [7, 11) is 0. The lowest BCUT2D eigenvalue weighted by Gasteiger charge is -2.22. The van der Waals surface area contributed by atoms with Crippen LogP contribution in [0.2, 0.25) is 0 Å². The van der Waals surface area contributed by atoms with Crippen molar-refractivity contribution in [1.29, 1.82) is 0 Å². The van der Waals surface area contributed by atoms with Gasteiger partial charge in [0.25, 0.3) is 0 Å². The molecule has 9 nitrogen and oxygen atoms in total. The van der Waals surface area contributed by atoms with Gasteiger partial charge in [0, 0.05) is 5.75 Å². The van der Waals surface area contributed by atoms with Gasteiger partial charge < -0.3 is 26.8 Å². The van der Waals surface area contributed by atoms with Gasteiger partial charge in [-0.1, -0.05) is 20.3 Å². The van der Waals surface area contributed by atoms with Crippen LogP contribution in [0.3, 0.4) is 0 Å². The first-order valence-electron chi connectivity index (χ1n) is 8.63. The first kappa shape index (κ1) is 25.5. The number of thiol groups is 1. The molecule has 0 bridgehead atoms. The van der Waals surface area contributed by atoms with Crippen LogP contribution < -0.4 is 21.7 Å². The Labute approximate surface area is 169 Å². The van der Waals surface area contributed by atoms with Crippen LogP contribution in [0.1, 0.15) is 26.7 Å². The molecule has 11 heteroatoms. The fourth-order valence-corrected chi connectivity index (χ4v) is 2.73. The lowest BCUT2D eigenvalue weighted by atomic mass is 9.99. The van der Waals surface area contributed by atoms with E-state index in [0.717, 1.165) is 0 Å². The Morgan fingerprint density at radius 2 is 1.78 bits per heavy atom. The summed E-state index contributed by atoms with van der Waals surface area (Å²) in [4.78, 5) is 47.2. The Kier molecular flexibility index (Phi) is 12.9. The van der Waals surface area contributed by atoms with E-state index in [1.165, 1.54) is 11.8 Å². The quantitative estimate of drug-likeness (QED) is 0.213. The zero-order valence-corrected chi connectivity index (χ0v) is 17.6. The molecule has 0 saturated carbocycles. The summed E-state index contributed by atoms with van der Waals surface area (Å²) in [6.45, 7) is 3.34. The number of hydrogen-bond donors (Lipinski definition) is 6. The van der Waals surface area contributed by atoms with Crippen molar-refractivity contribution < 1.29 is 24.3 Å². The van der Waals surface area contributed by atoms with Crippen molar-refractivity contribution in [3.63, 3.8) is 0 Å². The van der Waals surface area contributed by atoms with Crippen LogP contribution in [-0.2, 0) is 19.2 Å². The highest BCUT2D eigenvalue weighted by atomic mass is 32.2. The molecule has 4 atom stereocenters. The Bertz CT molecular complexity index is 521. The third kappa shape index (κ3) is 9.87. The van der Waals surface area contributed by atoms with Crippen LogP contribution >= 0.6 is 24.4 Å². The first-order chi connectivity index (χ1) is 12.7. The van der Waals surface area contributed by atoms with E-state index in [1.807, 2.05) is 20.1 Å². The highest BCUT2D eigenvalue weighted by Crippen LogP contribution is 2.05. The number of aliphatic carboxylic acids is 1. The van der Waals surface area contributed by atoms with Crippen molar-refractivity contribution in [2.75, 3.05) is 24.3 Å². The van der Waals surface area contributed by atoms with E-state index in [0.29, 0.717) is 12.2 Å². The Balaban J connectivity index is 4.56. The van der Waals surface area contributed by atoms with Crippen molar-refractivity contribution >= 4 is 48.1 Å². The molecular formula is C16H30N4O5S2. The van der Waals surface area contributed by atoms with E-state index < -0.39 is 48.4 Å². The van der Waals surface area contributed by atoms with Gasteiger partial charge in [-0.15, -0.1) is 0 Å². The number of thioether (sulfide) groups is 1. The molecule has 0 aliphatic rings. The molecule has 0 saturated heterocycles. The number of rotatable bonds is 13. The summed E-state index contributed by atoms with van der Waals surface area (Å²) in [5, 5.41) is 16.3. The number of carbonyl (C=O) groups excluding carboxylic acids is 3. The highest BCUT2D eigenvalue weighted by Gasteiger charge is 2.26. The molecule has 0 aromatic rings. The van der Waals surface area contributed by atoms with E-state index >= 15 is 0 Å². The molecule has 0 aromatic heterocycles. The molecule has 0 aliphatic heterocycles. The monoisotopic (exact) mass is 422 g/mol. The molecule has 3 amide bonds. The molecule has 6 N–H and O–H groups in total. The van der Waals surface area contributed by atoms with E-state index in [1.54, 1.807) is 0 Å². The molecule has 27 heavy (non-hydrogen) atoms. The molecule has 0 fully saturated rings. The number of carboxylic acid groups (broad SMARTS) is 1. The summed E-state index contributed by atoms with van der Waals surface area (Å²) >= 11 is 5.51. The normalized spacial score (nSPS) is 15.1. The molecular weight excluding hydrogens is 392 g/mol. The van der Waals surface area contributed by atoms with Gasteiger partial charge in [-0.25, -0.2) is 4.79 Å². The highest BCUT2D eigenvalue weighted by molar-refractivity contribution is 7.98. The number of nitrogens with one attached hydrogen (secondary N) is 3. The van der Waals surface area contributed by atoms with Crippen LogP contribution in [0, 0.1) is 5.92 Å². The van der Waals surface area contributed by atoms with Crippen molar-refractivity contribution in [1.82, 2.24) is 16.0 Å². The third-order valence-corrected chi connectivity index (χ3v) is 5.05. The predicted octanol–water partition coefficient (Wildman–Crippen LogP) is -0.787. The van der Waals surface area contributed by atoms with Crippen molar-refractivity contribution in [2.24, 2.45) is 11.7 Å². The van der Waals surface area contributed by atoms with Gasteiger partial charge in [0.15, 0.2) is 0 Å². The minimum Gasteiger partial charge on any atom is -0.480 e. The molecule has 4 unspecified atom stereocenters. The predicted molar refractivity (Wildman–Crippen MR) is 109 cm³/mol. The van der Waals surface area contributed by atoms with Crippen LogP contribution in [-0.4, -0.2) is 71.2 Å².